The van der Waals surface area contributed by atoms with Gasteiger partial charge >= 0.3 is 0 Å². The Morgan fingerprint density at radius 2 is 1.81 bits per heavy atom. The Morgan fingerprint density at radius 1 is 1.25 bits per heavy atom. The summed E-state index contributed by atoms with van der Waals surface area (Å²) in [5.41, 5.74) is 1.47. The van der Waals surface area contributed by atoms with Gasteiger partial charge in [0.25, 0.3) is 0 Å². The molecule has 0 unspecified atom stereocenters. The number of aliphatic hydroxyl groups is 1. The van der Waals surface area contributed by atoms with Gasteiger partial charge in [0.1, 0.15) is 0 Å². The summed E-state index contributed by atoms with van der Waals surface area (Å²) >= 11 is 0. The highest BCUT2D eigenvalue weighted by Gasteiger charge is 2.20. The van der Waals surface area contributed by atoms with Gasteiger partial charge in [0.2, 0.25) is 5.91 Å². The fourth-order valence-corrected chi connectivity index (χ4v) is 1.20. The molecule has 0 saturated heterocycles. The Morgan fingerprint density at radius 3 is 2.25 bits per heavy atom. The Kier molecular flexibility index (Phi) is 4.07. The number of amides is 1. The first-order valence-electron chi connectivity index (χ1n) is 5.45. The van der Waals surface area contributed by atoms with Gasteiger partial charge in [-0.05, 0) is 24.1 Å². The maximum atomic E-state index is 11.7. The van der Waals surface area contributed by atoms with E-state index in [1.807, 2.05) is 45.0 Å². The molecule has 1 aromatic rings. The fourth-order valence-electron chi connectivity index (χ4n) is 1.20. The first kappa shape index (κ1) is 12.7. The molecule has 0 saturated carbocycles. The molecule has 1 rings (SSSR count). The number of benzene rings is 1. The summed E-state index contributed by atoms with van der Waals surface area (Å²) in [6, 6.07) is 7.53. The molecule has 3 heteroatoms. The van der Waals surface area contributed by atoms with E-state index >= 15 is 0 Å². The number of rotatable bonds is 3. The van der Waals surface area contributed by atoms with E-state index < -0.39 is 0 Å². The van der Waals surface area contributed by atoms with Crippen molar-refractivity contribution in [3.05, 3.63) is 29.8 Å². The fraction of sp³-hybridized carbons (Fsp3) is 0.462. The largest absolute Gasteiger partial charge is 0.396 e. The van der Waals surface area contributed by atoms with Gasteiger partial charge in [-0.25, -0.2) is 0 Å². The number of aliphatic hydroxyl groups excluding tert-OH is 1. The third-order valence-electron chi connectivity index (χ3n) is 2.29. The summed E-state index contributed by atoms with van der Waals surface area (Å²) < 4.78 is 0. The molecule has 0 aromatic heterocycles. The van der Waals surface area contributed by atoms with Crippen molar-refractivity contribution in [1.82, 2.24) is 0 Å². The van der Waals surface area contributed by atoms with Crippen LogP contribution in [0, 0.1) is 5.41 Å². The standard InChI is InChI=1S/C13H19NO2/c1-13(2,3)12(16)14-11-6-4-10(5-7-11)8-9-15/h4-7,15H,8-9H2,1-3H3,(H,14,16). The SMILES string of the molecule is CC(C)(C)C(=O)Nc1ccc(CCO)cc1. The van der Waals surface area contributed by atoms with Gasteiger partial charge in [-0.3, -0.25) is 4.79 Å². The van der Waals surface area contributed by atoms with Gasteiger partial charge in [0.05, 0.1) is 0 Å². The molecular weight excluding hydrogens is 202 g/mol. The van der Waals surface area contributed by atoms with Crippen LogP contribution >= 0.6 is 0 Å². The zero-order chi connectivity index (χ0) is 12.2. The minimum atomic E-state index is -0.385. The predicted octanol–water partition coefficient (Wildman–Crippen LogP) is 2.21. The normalized spacial score (nSPS) is 11.2. The van der Waals surface area contributed by atoms with Crippen LogP contribution in [-0.2, 0) is 11.2 Å². The Bertz CT molecular complexity index is 349. The molecule has 0 aliphatic rings. The van der Waals surface area contributed by atoms with Crippen molar-refractivity contribution < 1.29 is 9.90 Å². The van der Waals surface area contributed by atoms with Gasteiger partial charge < -0.3 is 10.4 Å². The van der Waals surface area contributed by atoms with Gasteiger partial charge in [-0.15, -0.1) is 0 Å². The quantitative estimate of drug-likeness (QED) is 0.822. The first-order valence-corrected chi connectivity index (χ1v) is 5.45. The summed E-state index contributed by atoms with van der Waals surface area (Å²) in [6.45, 7) is 5.78. The summed E-state index contributed by atoms with van der Waals surface area (Å²) in [4.78, 5) is 11.7. The molecule has 0 spiro atoms. The average Bonchev–Trinajstić information content (AvgIpc) is 2.20. The van der Waals surface area contributed by atoms with Crippen molar-refractivity contribution in [2.24, 2.45) is 5.41 Å². The average molecular weight is 221 g/mol. The van der Waals surface area contributed by atoms with Crippen molar-refractivity contribution in [3.63, 3.8) is 0 Å². The topological polar surface area (TPSA) is 49.3 Å². The highest BCUT2D eigenvalue weighted by Crippen LogP contribution is 2.17. The maximum Gasteiger partial charge on any atom is 0.229 e. The van der Waals surface area contributed by atoms with Gasteiger partial charge in [-0.2, -0.15) is 0 Å². The molecule has 0 aliphatic heterocycles. The molecule has 0 bridgehead atoms. The van der Waals surface area contributed by atoms with Crippen LogP contribution < -0.4 is 5.32 Å². The second kappa shape index (κ2) is 5.12. The highest BCUT2D eigenvalue weighted by atomic mass is 16.2. The number of carbonyl (C=O) groups excluding carboxylic acids is 1. The molecule has 0 aliphatic carbocycles. The molecule has 1 aromatic carbocycles. The molecule has 88 valence electrons. The van der Waals surface area contributed by atoms with Crippen LogP contribution in [0.1, 0.15) is 26.3 Å². The number of hydrogen-bond donors (Lipinski definition) is 2. The lowest BCUT2D eigenvalue weighted by Gasteiger charge is -2.17. The lowest BCUT2D eigenvalue weighted by Crippen LogP contribution is -2.27. The molecule has 1 amide bonds. The molecule has 0 fully saturated rings. The predicted molar refractivity (Wildman–Crippen MR) is 65.3 cm³/mol. The van der Waals surface area contributed by atoms with Crippen molar-refractivity contribution in [2.75, 3.05) is 11.9 Å². The summed E-state index contributed by atoms with van der Waals surface area (Å²) in [7, 11) is 0. The summed E-state index contributed by atoms with van der Waals surface area (Å²) in [5, 5.41) is 11.6. The molecule has 0 heterocycles. The van der Waals surface area contributed by atoms with Crippen molar-refractivity contribution in [2.45, 2.75) is 27.2 Å². The maximum absolute atomic E-state index is 11.7. The zero-order valence-electron chi connectivity index (χ0n) is 10.1. The van der Waals surface area contributed by atoms with Crippen LogP contribution in [0.15, 0.2) is 24.3 Å². The van der Waals surface area contributed by atoms with Gasteiger partial charge in [0, 0.05) is 17.7 Å². The van der Waals surface area contributed by atoms with Crippen molar-refractivity contribution in [3.8, 4) is 0 Å². The van der Waals surface area contributed by atoms with E-state index in [1.54, 1.807) is 0 Å². The third kappa shape index (κ3) is 3.66. The minimum Gasteiger partial charge on any atom is -0.396 e. The molecule has 3 nitrogen and oxygen atoms in total. The number of carbonyl (C=O) groups is 1. The minimum absolute atomic E-state index is 0.00223. The van der Waals surface area contributed by atoms with E-state index in [0.29, 0.717) is 6.42 Å². The lowest BCUT2D eigenvalue weighted by molar-refractivity contribution is -0.123. The molecule has 0 atom stereocenters. The Labute approximate surface area is 96.5 Å². The van der Waals surface area contributed by atoms with E-state index in [0.717, 1.165) is 11.3 Å². The summed E-state index contributed by atoms with van der Waals surface area (Å²) in [6.07, 6.45) is 0.646. The Hall–Kier alpha value is -1.35. The van der Waals surface area contributed by atoms with Gasteiger partial charge in [-0.1, -0.05) is 32.9 Å². The van der Waals surface area contributed by atoms with E-state index in [-0.39, 0.29) is 17.9 Å². The second-order valence-corrected chi connectivity index (χ2v) is 4.87. The molecule has 0 radical (unpaired) electrons. The van der Waals surface area contributed by atoms with E-state index in [2.05, 4.69) is 5.32 Å². The molecule has 2 N–H and O–H groups in total. The van der Waals surface area contributed by atoms with Crippen LogP contribution in [0.2, 0.25) is 0 Å². The first-order chi connectivity index (χ1) is 7.43. The van der Waals surface area contributed by atoms with Crippen LogP contribution in [0.25, 0.3) is 0 Å². The van der Waals surface area contributed by atoms with Crippen molar-refractivity contribution in [1.29, 1.82) is 0 Å². The summed E-state index contributed by atoms with van der Waals surface area (Å²) in [5.74, 6) is 0.00223. The molecule has 16 heavy (non-hydrogen) atoms. The van der Waals surface area contributed by atoms with Gasteiger partial charge in [0.15, 0.2) is 0 Å². The number of anilines is 1. The smallest absolute Gasteiger partial charge is 0.229 e. The number of nitrogens with one attached hydrogen (secondary N) is 1. The Balaban J connectivity index is 2.65. The monoisotopic (exact) mass is 221 g/mol. The van der Waals surface area contributed by atoms with Crippen LogP contribution in [0.5, 0.6) is 0 Å². The highest BCUT2D eigenvalue weighted by molar-refractivity contribution is 5.94. The third-order valence-corrected chi connectivity index (χ3v) is 2.29. The van der Waals surface area contributed by atoms with Crippen LogP contribution in [0.4, 0.5) is 5.69 Å². The van der Waals surface area contributed by atoms with E-state index in [9.17, 15) is 4.79 Å². The van der Waals surface area contributed by atoms with Crippen molar-refractivity contribution >= 4 is 11.6 Å². The lowest BCUT2D eigenvalue weighted by atomic mass is 9.95. The second-order valence-electron chi connectivity index (χ2n) is 4.87. The molecular formula is C13H19NO2. The number of hydrogen-bond acceptors (Lipinski definition) is 2. The zero-order valence-corrected chi connectivity index (χ0v) is 10.1. The van der Waals surface area contributed by atoms with Crippen LogP contribution in [-0.4, -0.2) is 17.6 Å². The van der Waals surface area contributed by atoms with Crippen LogP contribution in [0.3, 0.4) is 0 Å². The van der Waals surface area contributed by atoms with E-state index in [4.69, 9.17) is 5.11 Å². The van der Waals surface area contributed by atoms with E-state index in [1.165, 1.54) is 0 Å².